The SMILES string of the molecule is CC(CNc1nccnc1OC(C)C)CC1(C)OCCO1. The van der Waals surface area contributed by atoms with Gasteiger partial charge >= 0.3 is 0 Å². The highest BCUT2D eigenvalue weighted by Gasteiger charge is 2.32. The maximum atomic E-state index is 5.65. The van der Waals surface area contributed by atoms with Crippen LogP contribution in [0.5, 0.6) is 5.88 Å². The maximum Gasteiger partial charge on any atom is 0.257 e. The molecule has 0 amide bonds. The Hall–Kier alpha value is -1.40. The van der Waals surface area contributed by atoms with Gasteiger partial charge in [-0.3, -0.25) is 0 Å². The minimum Gasteiger partial charge on any atom is -0.472 e. The first-order valence-electron chi connectivity index (χ1n) is 7.48. The average Bonchev–Trinajstić information content (AvgIpc) is 2.83. The van der Waals surface area contributed by atoms with Crippen LogP contribution >= 0.6 is 0 Å². The van der Waals surface area contributed by atoms with E-state index in [1.165, 1.54) is 0 Å². The Morgan fingerprint density at radius 3 is 2.57 bits per heavy atom. The summed E-state index contributed by atoms with van der Waals surface area (Å²) in [5.41, 5.74) is 0. The highest BCUT2D eigenvalue weighted by atomic mass is 16.7. The molecule has 6 nitrogen and oxygen atoms in total. The molecule has 1 aromatic heterocycles. The van der Waals surface area contributed by atoms with E-state index in [-0.39, 0.29) is 6.10 Å². The summed E-state index contributed by atoms with van der Waals surface area (Å²) in [6, 6.07) is 0. The zero-order chi connectivity index (χ0) is 15.3. The van der Waals surface area contributed by atoms with E-state index in [0.717, 1.165) is 13.0 Å². The lowest BCUT2D eigenvalue weighted by Gasteiger charge is -2.26. The minimum absolute atomic E-state index is 0.0684. The van der Waals surface area contributed by atoms with Gasteiger partial charge in [0.15, 0.2) is 11.6 Å². The second-order valence-corrected chi connectivity index (χ2v) is 5.90. The third kappa shape index (κ3) is 4.82. The van der Waals surface area contributed by atoms with Crippen molar-refractivity contribution in [3.05, 3.63) is 12.4 Å². The molecule has 1 aliphatic heterocycles. The van der Waals surface area contributed by atoms with Gasteiger partial charge in [0.05, 0.1) is 19.3 Å². The molecule has 6 heteroatoms. The fourth-order valence-electron chi connectivity index (χ4n) is 2.41. The van der Waals surface area contributed by atoms with Crippen LogP contribution in [-0.4, -0.2) is 41.6 Å². The van der Waals surface area contributed by atoms with Crippen molar-refractivity contribution in [2.24, 2.45) is 5.92 Å². The van der Waals surface area contributed by atoms with Gasteiger partial charge in [-0.15, -0.1) is 0 Å². The first-order chi connectivity index (χ1) is 9.98. The molecule has 2 heterocycles. The standard InChI is InChI=1S/C15H25N3O3/c1-11(2)21-14-13(16-5-6-17-14)18-10-12(3)9-15(4)19-7-8-20-15/h5-6,11-12H,7-10H2,1-4H3,(H,16,18). The minimum atomic E-state index is -0.458. The second kappa shape index (κ2) is 7.04. The number of hydrogen-bond acceptors (Lipinski definition) is 6. The molecule has 1 N–H and O–H groups in total. The first kappa shape index (κ1) is 16.0. The highest BCUT2D eigenvalue weighted by molar-refractivity contribution is 5.44. The van der Waals surface area contributed by atoms with E-state index in [1.807, 2.05) is 20.8 Å². The molecule has 1 unspecified atom stereocenters. The normalized spacial score (nSPS) is 18.7. The van der Waals surface area contributed by atoms with Gasteiger partial charge in [0.1, 0.15) is 0 Å². The molecule has 0 aromatic carbocycles. The molecule has 0 saturated carbocycles. The van der Waals surface area contributed by atoms with Crippen molar-refractivity contribution in [3.63, 3.8) is 0 Å². The highest BCUT2D eigenvalue weighted by Crippen LogP contribution is 2.27. The van der Waals surface area contributed by atoms with E-state index in [4.69, 9.17) is 14.2 Å². The molecule has 0 bridgehead atoms. The summed E-state index contributed by atoms with van der Waals surface area (Å²) in [6.07, 6.45) is 4.19. The molecule has 2 rings (SSSR count). The molecule has 0 radical (unpaired) electrons. The van der Waals surface area contributed by atoms with Crippen LogP contribution < -0.4 is 10.1 Å². The number of aromatic nitrogens is 2. The lowest BCUT2D eigenvalue weighted by atomic mass is 10.0. The fraction of sp³-hybridized carbons (Fsp3) is 0.733. The summed E-state index contributed by atoms with van der Waals surface area (Å²) < 4.78 is 16.9. The van der Waals surface area contributed by atoms with E-state index in [9.17, 15) is 0 Å². The number of nitrogens with zero attached hydrogens (tertiary/aromatic N) is 2. The predicted octanol–water partition coefficient (Wildman–Crippen LogP) is 2.46. The predicted molar refractivity (Wildman–Crippen MR) is 80.4 cm³/mol. The Kier molecular flexibility index (Phi) is 5.36. The van der Waals surface area contributed by atoms with Crippen LogP contribution in [0.25, 0.3) is 0 Å². The summed E-state index contributed by atoms with van der Waals surface area (Å²) in [6.45, 7) is 10.2. The van der Waals surface area contributed by atoms with Gasteiger partial charge in [-0.05, 0) is 26.7 Å². The molecular formula is C15H25N3O3. The third-order valence-electron chi connectivity index (χ3n) is 3.25. The zero-order valence-corrected chi connectivity index (χ0v) is 13.3. The van der Waals surface area contributed by atoms with Gasteiger partial charge in [-0.25, -0.2) is 9.97 Å². The topological polar surface area (TPSA) is 65.5 Å². The van der Waals surface area contributed by atoms with Crippen LogP contribution in [0.15, 0.2) is 12.4 Å². The number of nitrogens with one attached hydrogen (secondary N) is 1. The molecule has 1 aromatic rings. The first-order valence-corrected chi connectivity index (χ1v) is 7.48. The Balaban J connectivity index is 1.87. The van der Waals surface area contributed by atoms with Gasteiger partial charge in [0, 0.05) is 25.4 Å². The largest absolute Gasteiger partial charge is 0.472 e. The van der Waals surface area contributed by atoms with Crippen molar-refractivity contribution in [3.8, 4) is 5.88 Å². The lowest BCUT2D eigenvalue weighted by Crippen LogP contribution is -2.30. The van der Waals surface area contributed by atoms with Gasteiger partial charge in [-0.1, -0.05) is 6.92 Å². The van der Waals surface area contributed by atoms with Crippen LogP contribution in [0.4, 0.5) is 5.82 Å². The number of hydrogen-bond donors (Lipinski definition) is 1. The molecule has 1 fully saturated rings. The van der Waals surface area contributed by atoms with Crippen LogP contribution in [0.1, 0.15) is 34.1 Å². The smallest absolute Gasteiger partial charge is 0.257 e. The Labute approximate surface area is 126 Å². The molecule has 0 aliphatic carbocycles. The van der Waals surface area contributed by atoms with E-state index in [1.54, 1.807) is 12.4 Å². The van der Waals surface area contributed by atoms with Crippen molar-refractivity contribution in [2.45, 2.75) is 46.0 Å². The van der Waals surface area contributed by atoms with E-state index in [0.29, 0.717) is 30.8 Å². The van der Waals surface area contributed by atoms with Gasteiger partial charge < -0.3 is 19.5 Å². The molecule has 118 valence electrons. The summed E-state index contributed by atoms with van der Waals surface area (Å²) in [7, 11) is 0. The van der Waals surface area contributed by atoms with Crippen LogP contribution in [0.3, 0.4) is 0 Å². The van der Waals surface area contributed by atoms with Crippen molar-refractivity contribution in [1.29, 1.82) is 0 Å². The fourth-order valence-corrected chi connectivity index (χ4v) is 2.41. The Bertz CT molecular complexity index is 448. The van der Waals surface area contributed by atoms with Crippen molar-refractivity contribution in [1.82, 2.24) is 9.97 Å². The van der Waals surface area contributed by atoms with Crippen molar-refractivity contribution >= 4 is 5.82 Å². The lowest BCUT2D eigenvalue weighted by molar-refractivity contribution is -0.153. The Morgan fingerprint density at radius 2 is 1.90 bits per heavy atom. The zero-order valence-electron chi connectivity index (χ0n) is 13.3. The molecular weight excluding hydrogens is 270 g/mol. The van der Waals surface area contributed by atoms with Crippen LogP contribution in [0.2, 0.25) is 0 Å². The number of rotatable bonds is 7. The second-order valence-electron chi connectivity index (χ2n) is 5.90. The molecule has 1 atom stereocenters. The van der Waals surface area contributed by atoms with Crippen LogP contribution in [-0.2, 0) is 9.47 Å². The van der Waals surface area contributed by atoms with Gasteiger partial charge in [0.2, 0.25) is 0 Å². The van der Waals surface area contributed by atoms with Crippen LogP contribution in [0, 0.1) is 5.92 Å². The molecule has 1 aliphatic rings. The monoisotopic (exact) mass is 295 g/mol. The average molecular weight is 295 g/mol. The quantitative estimate of drug-likeness (QED) is 0.833. The number of ether oxygens (including phenoxy) is 3. The summed E-state index contributed by atoms with van der Waals surface area (Å²) >= 11 is 0. The molecule has 1 saturated heterocycles. The van der Waals surface area contributed by atoms with Gasteiger partial charge in [0.25, 0.3) is 5.88 Å². The third-order valence-corrected chi connectivity index (χ3v) is 3.25. The van der Waals surface area contributed by atoms with Crippen molar-refractivity contribution in [2.75, 3.05) is 25.1 Å². The summed E-state index contributed by atoms with van der Waals surface area (Å²) in [5, 5.41) is 3.30. The summed E-state index contributed by atoms with van der Waals surface area (Å²) in [4.78, 5) is 8.51. The number of anilines is 1. The molecule has 0 spiro atoms. The van der Waals surface area contributed by atoms with E-state index in [2.05, 4.69) is 22.2 Å². The van der Waals surface area contributed by atoms with Crippen molar-refractivity contribution < 1.29 is 14.2 Å². The van der Waals surface area contributed by atoms with E-state index < -0.39 is 5.79 Å². The Morgan fingerprint density at radius 1 is 1.24 bits per heavy atom. The molecule has 21 heavy (non-hydrogen) atoms. The van der Waals surface area contributed by atoms with E-state index >= 15 is 0 Å². The van der Waals surface area contributed by atoms with Gasteiger partial charge in [-0.2, -0.15) is 0 Å². The maximum absolute atomic E-state index is 5.65. The summed E-state index contributed by atoms with van der Waals surface area (Å²) in [5.74, 6) is 1.14.